The van der Waals surface area contributed by atoms with Gasteiger partial charge in [-0.1, -0.05) is 36.4 Å². The number of rotatable bonds is 3. The lowest BCUT2D eigenvalue weighted by Gasteiger charge is -2.11. The zero-order chi connectivity index (χ0) is 16.7. The van der Waals surface area contributed by atoms with Crippen molar-refractivity contribution >= 4 is 34.2 Å². The van der Waals surface area contributed by atoms with Crippen molar-refractivity contribution in [3.05, 3.63) is 48.3 Å². The number of nitrogens with one attached hydrogen (secondary N) is 2. The summed E-state index contributed by atoms with van der Waals surface area (Å²) in [5.74, 6) is 0.440. The fraction of sp³-hybridized carbons (Fsp3) is 0.176. The van der Waals surface area contributed by atoms with Crippen molar-refractivity contribution in [1.82, 2.24) is 14.8 Å². The van der Waals surface area contributed by atoms with Gasteiger partial charge in [-0.2, -0.15) is 10.1 Å². The summed E-state index contributed by atoms with van der Waals surface area (Å²) < 4.78 is 1.47. The van der Waals surface area contributed by atoms with E-state index in [9.17, 15) is 9.59 Å². The van der Waals surface area contributed by atoms with Gasteiger partial charge in [-0.25, -0.2) is 4.68 Å². The van der Waals surface area contributed by atoms with Gasteiger partial charge in [-0.3, -0.25) is 14.9 Å². The van der Waals surface area contributed by atoms with Crippen molar-refractivity contribution in [1.29, 1.82) is 0 Å². The Morgan fingerprint density at radius 1 is 1.25 bits per heavy atom. The van der Waals surface area contributed by atoms with Crippen LogP contribution in [0.2, 0.25) is 0 Å². The predicted octanol–water partition coefficient (Wildman–Crippen LogP) is 2.26. The number of amides is 2. The summed E-state index contributed by atoms with van der Waals surface area (Å²) in [6.07, 6.45) is 0.00482. The molecule has 120 valence electrons. The molecule has 7 heteroatoms. The maximum absolute atomic E-state index is 12.4. The fourth-order valence-corrected chi connectivity index (χ4v) is 2.93. The van der Waals surface area contributed by atoms with Crippen LogP contribution in [0, 0.1) is 6.92 Å². The SMILES string of the molecule is Cc1nc2n(n1)[C@@H](CC(=O)Nc1cccc3ccccc13)C(=O)N2. The van der Waals surface area contributed by atoms with Crippen molar-refractivity contribution in [3.8, 4) is 0 Å². The Morgan fingerprint density at radius 2 is 2.04 bits per heavy atom. The highest BCUT2D eigenvalue weighted by Crippen LogP contribution is 2.27. The molecule has 2 amide bonds. The van der Waals surface area contributed by atoms with Crippen LogP contribution in [0.25, 0.3) is 10.8 Å². The van der Waals surface area contributed by atoms with E-state index in [1.165, 1.54) is 4.68 Å². The number of anilines is 2. The number of benzene rings is 2. The minimum atomic E-state index is -0.670. The molecule has 2 aromatic carbocycles. The van der Waals surface area contributed by atoms with Gasteiger partial charge in [0, 0.05) is 11.1 Å². The Morgan fingerprint density at radius 3 is 2.92 bits per heavy atom. The first-order chi connectivity index (χ1) is 11.6. The zero-order valence-corrected chi connectivity index (χ0v) is 13.0. The minimum absolute atomic E-state index is 0.00482. The third-order valence-corrected chi connectivity index (χ3v) is 4.01. The number of carbonyl (C=O) groups excluding carboxylic acids is 2. The number of aryl methyl sites for hydroxylation is 1. The summed E-state index contributed by atoms with van der Waals surface area (Å²) in [4.78, 5) is 28.5. The molecule has 0 bridgehead atoms. The van der Waals surface area contributed by atoms with Gasteiger partial charge in [0.15, 0.2) is 0 Å². The first-order valence-corrected chi connectivity index (χ1v) is 7.63. The molecular formula is C17H15N5O2. The lowest BCUT2D eigenvalue weighted by molar-refractivity contribution is -0.123. The van der Waals surface area contributed by atoms with Crippen LogP contribution in [-0.2, 0) is 9.59 Å². The highest BCUT2D eigenvalue weighted by Gasteiger charge is 2.34. The van der Waals surface area contributed by atoms with Gasteiger partial charge >= 0.3 is 0 Å². The lowest BCUT2D eigenvalue weighted by Crippen LogP contribution is -2.23. The molecule has 1 aromatic heterocycles. The van der Waals surface area contributed by atoms with Crippen LogP contribution in [0.4, 0.5) is 11.6 Å². The molecule has 3 aromatic rings. The topological polar surface area (TPSA) is 88.9 Å². The molecule has 0 aliphatic carbocycles. The number of hydrogen-bond donors (Lipinski definition) is 2. The maximum atomic E-state index is 12.4. The summed E-state index contributed by atoms with van der Waals surface area (Å²) in [6, 6.07) is 12.9. The monoisotopic (exact) mass is 321 g/mol. The number of fused-ring (bicyclic) bond motifs is 2. The smallest absolute Gasteiger partial charge is 0.252 e. The van der Waals surface area contributed by atoms with Crippen molar-refractivity contribution < 1.29 is 9.59 Å². The van der Waals surface area contributed by atoms with Crippen LogP contribution in [0.5, 0.6) is 0 Å². The average molecular weight is 321 g/mol. The normalized spacial score (nSPS) is 16.0. The van der Waals surface area contributed by atoms with Crippen LogP contribution in [0.1, 0.15) is 18.3 Å². The standard InChI is InChI=1S/C17H15N5O2/c1-10-18-17-20-16(24)14(22(17)21-10)9-15(23)19-13-8-4-6-11-5-2-3-7-12(11)13/h2-8,14H,9H2,1H3,(H,19,23)(H,18,20,21,24)/t14-/m0/s1. The van der Waals surface area contributed by atoms with Crippen LogP contribution < -0.4 is 10.6 Å². The van der Waals surface area contributed by atoms with Gasteiger partial charge in [0.05, 0.1) is 6.42 Å². The average Bonchev–Trinajstić information content (AvgIpc) is 3.05. The quantitative estimate of drug-likeness (QED) is 0.774. The molecule has 0 saturated heterocycles. The van der Waals surface area contributed by atoms with E-state index in [1.54, 1.807) is 6.92 Å². The van der Waals surface area contributed by atoms with E-state index in [2.05, 4.69) is 20.7 Å². The summed E-state index contributed by atoms with van der Waals surface area (Å²) in [5, 5.41) is 11.7. The highest BCUT2D eigenvalue weighted by atomic mass is 16.2. The third-order valence-electron chi connectivity index (χ3n) is 4.01. The largest absolute Gasteiger partial charge is 0.325 e. The van der Waals surface area contributed by atoms with Crippen molar-refractivity contribution in [3.63, 3.8) is 0 Å². The van der Waals surface area contributed by atoms with E-state index in [-0.39, 0.29) is 18.2 Å². The molecule has 4 rings (SSSR count). The minimum Gasteiger partial charge on any atom is -0.325 e. The third kappa shape index (κ3) is 2.40. The molecule has 1 atom stereocenters. The molecule has 0 spiro atoms. The molecule has 1 aliphatic rings. The second-order valence-electron chi connectivity index (χ2n) is 5.71. The van der Waals surface area contributed by atoms with Crippen LogP contribution >= 0.6 is 0 Å². The second kappa shape index (κ2) is 5.45. The molecule has 2 heterocycles. The molecular weight excluding hydrogens is 306 g/mol. The number of nitrogens with zero attached hydrogens (tertiary/aromatic N) is 3. The van der Waals surface area contributed by atoms with Crippen LogP contribution in [0.15, 0.2) is 42.5 Å². The van der Waals surface area contributed by atoms with Gasteiger partial charge in [0.2, 0.25) is 11.9 Å². The van der Waals surface area contributed by atoms with Crippen molar-refractivity contribution in [2.75, 3.05) is 10.6 Å². The summed E-state index contributed by atoms with van der Waals surface area (Å²) in [6.45, 7) is 1.74. The van der Waals surface area contributed by atoms with Gasteiger partial charge in [0.25, 0.3) is 5.91 Å². The summed E-state index contributed by atoms with van der Waals surface area (Å²) >= 11 is 0. The van der Waals surface area contributed by atoms with Crippen LogP contribution in [-0.4, -0.2) is 26.6 Å². The van der Waals surface area contributed by atoms with Gasteiger partial charge < -0.3 is 5.32 Å². The van der Waals surface area contributed by atoms with E-state index < -0.39 is 6.04 Å². The van der Waals surface area contributed by atoms with E-state index in [0.29, 0.717) is 11.8 Å². The van der Waals surface area contributed by atoms with E-state index >= 15 is 0 Å². The van der Waals surface area contributed by atoms with Crippen molar-refractivity contribution in [2.45, 2.75) is 19.4 Å². The number of hydrogen-bond acceptors (Lipinski definition) is 4. The Balaban J connectivity index is 1.56. The molecule has 0 radical (unpaired) electrons. The molecule has 0 unspecified atom stereocenters. The van der Waals surface area contributed by atoms with E-state index in [0.717, 1.165) is 16.5 Å². The zero-order valence-electron chi connectivity index (χ0n) is 13.0. The lowest BCUT2D eigenvalue weighted by atomic mass is 10.1. The molecule has 0 fully saturated rings. The second-order valence-corrected chi connectivity index (χ2v) is 5.71. The number of aromatic nitrogens is 3. The Hall–Kier alpha value is -3.22. The first kappa shape index (κ1) is 14.4. The summed E-state index contributed by atoms with van der Waals surface area (Å²) in [5.41, 5.74) is 0.728. The van der Waals surface area contributed by atoms with Crippen molar-refractivity contribution in [2.24, 2.45) is 0 Å². The Labute approximate surface area is 137 Å². The summed E-state index contributed by atoms with van der Waals surface area (Å²) in [7, 11) is 0. The highest BCUT2D eigenvalue weighted by molar-refractivity contribution is 6.04. The molecule has 0 saturated carbocycles. The molecule has 1 aliphatic heterocycles. The first-order valence-electron chi connectivity index (χ1n) is 7.63. The molecule has 2 N–H and O–H groups in total. The number of carbonyl (C=O) groups is 2. The maximum Gasteiger partial charge on any atom is 0.252 e. The van der Waals surface area contributed by atoms with Gasteiger partial charge in [0.1, 0.15) is 11.9 Å². The van der Waals surface area contributed by atoms with Gasteiger partial charge in [-0.05, 0) is 18.4 Å². The fourth-order valence-electron chi connectivity index (χ4n) is 2.93. The Bertz CT molecular complexity index is 957. The molecule has 24 heavy (non-hydrogen) atoms. The Kier molecular flexibility index (Phi) is 3.26. The van der Waals surface area contributed by atoms with Crippen LogP contribution in [0.3, 0.4) is 0 Å². The van der Waals surface area contributed by atoms with E-state index in [1.807, 2.05) is 42.5 Å². The molecule has 7 nitrogen and oxygen atoms in total. The van der Waals surface area contributed by atoms with Gasteiger partial charge in [-0.15, -0.1) is 0 Å². The van der Waals surface area contributed by atoms with E-state index in [4.69, 9.17) is 0 Å². The predicted molar refractivity (Wildman–Crippen MR) is 89.6 cm³/mol.